The maximum absolute atomic E-state index is 11.7. The maximum Gasteiger partial charge on any atom is 0.242 e. The lowest BCUT2D eigenvalue weighted by Gasteiger charge is -2.22. The number of hydrogen-bond acceptors (Lipinski definition) is 4. The molecule has 4 amide bonds. The van der Waals surface area contributed by atoms with Crippen molar-refractivity contribution in [2.45, 2.75) is 0 Å². The highest BCUT2D eigenvalue weighted by Gasteiger charge is 2.19. The first-order valence-corrected chi connectivity index (χ1v) is 5.41. The molecule has 0 aromatic carbocycles. The van der Waals surface area contributed by atoms with Gasteiger partial charge in [0.2, 0.25) is 23.6 Å². The predicted molar refractivity (Wildman–Crippen MR) is 61.3 cm³/mol. The van der Waals surface area contributed by atoms with Gasteiger partial charge in [0.05, 0.1) is 26.2 Å². The van der Waals surface area contributed by atoms with Crippen molar-refractivity contribution in [2.24, 2.45) is 0 Å². The van der Waals surface area contributed by atoms with Crippen molar-refractivity contribution >= 4 is 23.6 Å². The Morgan fingerprint density at radius 3 is 2.00 bits per heavy atom. The molecule has 8 nitrogen and oxygen atoms in total. The molecule has 0 aliphatic carbocycles. The number of nitrogens with zero attached hydrogens (tertiary/aromatic N) is 2. The van der Waals surface area contributed by atoms with Gasteiger partial charge in [-0.2, -0.15) is 0 Å². The third-order valence-corrected chi connectivity index (χ3v) is 2.49. The number of carbonyl (C=O) groups is 4. The monoisotopic (exact) mass is 256 g/mol. The molecule has 0 bridgehead atoms. The minimum absolute atomic E-state index is 0.127. The fourth-order valence-electron chi connectivity index (χ4n) is 1.32. The van der Waals surface area contributed by atoms with Gasteiger partial charge in [-0.3, -0.25) is 19.2 Å². The molecule has 0 aromatic heterocycles. The van der Waals surface area contributed by atoms with Gasteiger partial charge in [0.25, 0.3) is 0 Å². The molecule has 1 rings (SSSR count). The summed E-state index contributed by atoms with van der Waals surface area (Å²) in [6.07, 6.45) is 0. The van der Waals surface area contributed by atoms with Crippen LogP contribution in [0.25, 0.3) is 0 Å². The van der Waals surface area contributed by atoms with Crippen LogP contribution in [0.2, 0.25) is 0 Å². The Kier molecular flexibility index (Phi) is 4.64. The fourth-order valence-corrected chi connectivity index (χ4v) is 1.32. The average molecular weight is 256 g/mol. The molecule has 0 atom stereocenters. The SMILES string of the molecule is CN1CC(=O)NCC(=O)NCC(=O)N(C)CC1=O. The summed E-state index contributed by atoms with van der Waals surface area (Å²) in [6, 6.07) is 0. The molecule has 1 heterocycles. The van der Waals surface area contributed by atoms with Crippen molar-refractivity contribution in [1.82, 2.24) is 20.4 Å². The van der Waals surface area contributed by atoms with Crippen molar-refractivity contribution in [3.05, 3.63) is 0 Å². The maximum atomic E-state index is 11.7. The van der Waals surface area contributed by atoms with Crippen molar-refractivity contribution < 1.29 is 19.2 Å². The lowest BCUT2D eigenvalue weighted by atomic mass is 10.4. The smallest absolute Gasteiger partial charge is 0.242 e. The molecule has 1 fully saturated rings. The van der Waals surface area contributed by atoms with E-state index in [0.717, 1.165) is 0 Å². The largest absolute Gasteiger partial charge is 0.345 e. The van der Waals surface area contributed by atoms with Crippen molar-refractivity contribution in [3.63, 3.8) is 0 Å². The van der Waals surface area contributed by atoms with Gasteiger partial charge < -0.3 is 20.4 Å². The molecule has 0 aromatic rings. The highest BCUT2D eigenvalue weighted by molar-refractivity contribution is 5.92. The van der Waals surface area contributed by atoms with Crippen LogP contribution in [-0.2, 0) is 19.2 Å². The van der Waals surface area contributed by atoms with E-state index in [0.29, 0.717) is 0 Å². The Bertz CT molecular complexity index is 382. The number of hydrogen-bond donors (Lipinski definition) is 2. The Labute approximate surface area is 104 Å². The summed E-state index contributed by atoms with van der Waals surface area (Å²) in [7, 11) is 2.93. The lowest BCUT2D eigenvalue weighted by molar-refractivity contribution is -0.141. The molecule has 0 saturated carbocycles. The summed E-state index contributed by atoms with van der Waals surface area (Å²) in [5.41, 5.74) is 0. The number of nitrogens with one attached hydrogen (secondary N) is 2. The molecule has 8 heteroatoms. The van der Waals surface area contributed by atoms with E-state index in [9.17, 15) is 19.2 Å². The Balaban J connectivity index is 2.74. The summed E-state index contributed by atoms with van der Waals surface area (Å²) in [5.74, 6) is -1.57. The van der Waals surface area contributed by atoms with Gasteiger partial charge in [-0.05, 0) is 0 Å². The van der Waals surface area contributed by atoms with Crippen LogP contribution < -0.4 is 10.6 Å². The summed E-state index contributed by atoms with van der Waals surface area (Å²) in [5, 5.41) is 4.71. The van der Waals surface area contributed by atoms with E-state index >= 15 is 0 Å². The Hall–Kier alpha value is -2.12. The van der Waals surface area contributed by atoms with E-state index in [4.69, 9.17) is 0 Å². The van der Waals surface area contributed by atoms with E-state index in [1.54, 1.807) is 0 Å². The second-order valence-corrected chi connectivity index (χ2v) is 4.05. The fraction of sp³-hybridized carbons (Fsp3) is 0.600. The molecule has 0 spiro atoms. The molecule has 18 heavy (non-hydrogen) atoms. The van der Waals surface area contributed by atoms with E-state index in [2.05, 4.69) is 10.6 Å². The number of rotatable bonds is 0. The second-order valence-electron chi connectivity index (χ2n) is 4.05. The molecular formula is C10H16N4O4. The van der Waals surface area contributed by atoms with Crippen molar-refractivity contribution in [2.75, 3.05) is 40.3 Å². The van der Waals surface area contributed by atoms with Crippen LogP contribution in [0.1, 0.15) is 0 Å². The van der Waals surface area contributed by atoms with E-state index in [1.165, 1.54) is 23.9 Å². The number of amides is 4. The van der Waals surface area contributed by atoms with Gasteiger partial charge in [-0.1, -0.05) is 0 Å². The van der Waals surface area contributed by atoms with Crippen LogP contribution in [0.3, 0.4) is 0 Å². The first kappa shape index (κ1) is 13.9. The van der Waals surface area contributed by atoms with Crippen molar-refractivity contribution in [3.8, 4) is 0 Å². The van der Waals surface area contributed by atoms with Crippen LogP contribution in [0.4, 0.5) is 0 Å². The molecular weight excluding hydrogens is 240 g/mol. The first-order valence-electron chi connectivity index (χ1n) is 5.41. The molecule has 1 saturated heterocycles. The number of carbonyl (C=O) groups excluding carboxylic acids is 4. The highest BCUT2D eigenvalue weighted by Crippen LogP contribution is 1.91. The summed E-state index contributed by atoms with van der Waals surface area (Å²) >= 11 is 0. The molecule has 100 valence electrons. The van der Waals surface area contributed by atoms with E-state index in [1.807, 2.05) is 0 Å². The van der Waals surface area contributed by atoms with Crippen LogP contribution in [-0.4, -0.2) is 73.7 Å². The van der Waals surface area contributed by atoms with Gasteiger partial charge in [-0.15, -0.1) is 0 Å². The molecule has 0 unspecified atom stereocenters. The van der Waals surface area contributed by atoms with Crippen molar-refractivity contribution in [1.29, 1.82) is 0 Å². The predicted octanol–water partition coefficient (Wildman–Crippen LogP) is -2.85. The Morgan fingerprint density at radius 1 is 0.778 bits per heavy atom. The second kappa shape index (κ2) is 5.99. The molecule has 2 N–H and O–H groups in total. The van der Waals surface area contributed by atoms with Crippen LogP contribution in [0, 0.1) is 0 Å². The average Bonchev–Trinajstić information content (AvgIpc) is 2.31. The normalized spacial score (nSPS) is 19.9. The van der Waals surface area contributed by atoms with E-state index < -0.39 is 11.8 Å². The molecule has 1 aliphatic heterocycles. The minimum Gasteiger partial charge on any atom is -0.345 e. The zero-order valence-corrected chi connectivity index (χ0v) is 10.4. The standard InChI is InChI=1S/C10H16N4O4/c1-13-5-8(16)11-3-7(15)12-4-9(17)14(2)6-10(13)18/h3-6H2,1-2H3,(H,11,16)(H,12,15). The van der Waals surface area contributed by atoms with Gasteiger partial charge in [-0.25, -0.2) is 0 Å². The number of likely N-dealkylation sites (N-methyl/N-ethyl adjacent to an activating group) is 2. The highest BCUT2D eigenvalue weighted by atomic mass is 16.2. The minimum atomic E-state index is -0.445. The van der Waals surface area contributed by atoms with E-state index in [-0.39, 0.29) is 38.0 Å². The Morgan fingerprint density at radius 2 is 1.33 bits per heavy atom. The lowest BCUT2D eigenvalue weighted by Crippen LogP contribution is -2.49. The zero-order chi connectivity index (χ0) is 13.7. The summed E-state index contributed by atoms with van der Waals surface area (Å²) in [6.45, 7) is -0.674. The third kappa shape index (κ3) is 4.04. The molecule has 0 radical (unpaired) electrons. The summed E-state index contributed by atoms with van der Waals surface area (Å²) < 4.78 is 0. The van der Waals surface area contributed by atoms with Gasteiger partial charge in [0.1, 0.15) is 0 Å². The van der Waals surface area contributed by atoms with Crippen LogP contribution in [0.5, 0.6) is 0 Å². The molecule has 1 aliphatic rings. The van der Waals surface area contributed by atoms with Crippen LogP contribution in [0.15, 0.2) is 0 Å². The topological polar surface area (TPSA) is 98.8 Å². The quantitative estimate of drug-likeness (QED) is 0.487. The summed E-state index contributed by atoms with van der Waals surface area (Å²) in [4.78, 5) is 48.3. The van der Waals surface area contributed by atoms with Gasteiger partial charge in [0, 0.05) is 14.1 Å². The van der Waals surface area contributed by atoms with Gasteiger partial charge >= 0.3 is 0 Å². The third-order valence-electron chi connectivity index (χ3n) is 2.49. The zero-order valence-electron chi connectivity index (χ0n) is 10.4. The van der Waals surface area contributed by atoms with Crippen LogP contribution >= 0.6 is 0 Å². The van der Waals surface area contributed by atoms with Gasteiger partial charge in [0.15, 0.2) is 0 Å². The first-order chi connectivity index (χ1) is 8.40.